The summed E-state index contributed by atoms with van der Waals surface area (Å²) in [6, 6.07) is 2.84. The molecule has 0 radical (unpaired) electrons. The lowest BCUT2D eigenvalue weighted by Gasteiger charge is -2.02. The Bertz CT molecular complexity index is 622. The summed E-state index contributed by atoms with van der Waals surface area (Å²) in [5.41, 5.74) is -0.0465. The molecule has 1 aliphatic carbocycles. The van der Waals surface area contributed by atoms with Gasteiger partial charge in [0, 0.05) is 12.2 Å². The average Bonchev–Trinajstić information content (AvgIpc) is 3.04. The largest absolute Gasteiger partial charge is 0.477 e. The van der Waals surface area contributed by atoms with Crippen LogP contribution < -0.4 is 4.72 Å². The molecule has 1 saturated carbocycles. The summed E-state index contributed by atoms with van der Waals surface area (Å²) in [6.45, 7) is -0.348. The normalized spacial score (nSPS) is 15.3. The van der Waals surface area contributed by atoms with Crippen molar-refractivity contribution in [3.8, 4) is 6.07 Å². The minimum absolute atomic E-state index is 0.0465. The molecule has 96 valence electrons. The zero-order chi connectivity index (χ0) is 13.3. The van der Waals surface area contributed by atoms with Crippen LogP contribution in [0.3, 0.4) is 0 Å². The van der Waals surface area contributed by atoms with Crippen LogP contribution in [-0.2, 0) is 10.0 Å². The van der Waals surface area contributed by atoms with E-state index in [2.05, 4.69) is 4.72 Å². The summed E-state index contributed by atoms with van der Waals surface area (Å²) in [4.78, 5) is 10.9. The number of rotatable bonds is 5. The third kappa shape index (κ3) is 2.37. The molecule has 1 aromatic heterocycles. The molecule has 2 rings (SSSR count). The Kier molecular flexibility index (Phi) is 3.11. The highest BCUT2D eigenvalue weighted by molar-refractivity contribution is 7.89. The number of carboxylic acid groups (broad SMARTS) is 1. The third-order valence-corrected chi connectivity index (χ3v) is 4.00. The van der Waals surface area contributed by atoms with Crippen LogP contribution in [0.25, 0.3) is 0 Å². The molecule has 0 unspecified atom stereocenters. The Morgan fingerprint density at radius 2 is 2.28 bits per heavy atom. The van der Waals surface area contributed by atoms with Crippen LogP contribution in [0, 0.1) is 11.3 Å². The Balaban J connectivity index is 2.38. The van der Waals surface area contributed by atoms with Crippen molar-refractivity contribution in [2.45, 2.75) is 23.8 Å². The van der Waals surface area contributed by atoms with Crippen molar-refractivity contribution < 1.29 is 18.3 Å². The van der Waals surface area contributed by atoms with Gasteiger partial charge in [0.25, 0.3) is 0 Å². The maximum absolute atomic E-state index is 11.8. The molecule has 1 aliphatic rings. The van der Waals surface area contributed by atoms with Crippen molar-refractivity contribution in [2.75, 3.05) is 6.54 Å². The van der Waals surface area contributed by atoms with Gasteiger partial charge in [-0.1, -0.05) is 0 Å². The average molecular weight is 269 g/mol. The molecule has 0 spiro atoms. The van der Waals surface area contributed by atoms with Gasteiger partial charge in [-0.15, -0.1) is 0 Å². The maximum atomic E-state index is 11.8. The van der Waals surface area contributed by atoms with Crippen molar-refractivity contribution in [1.82, 2.24) is 9.29 Å². The number of hydrogen-bond acceptors (Lipinski definition) is 4. The van der Waals surface area contributed by atoms with E-state index in [1.807, 2.05) is 0 Å². The fraction of sp³-hybridized carbons (Fsp3) is 0.400. The monoisotopic (exact) mass is 269 g/mol. The van der Waals surface area contributed by atoms with Gasteiger partial charge < -0.3 is 9.67 Å². The van der Waals surface area contributed by atoms with Crippen molar-refractivity contribution in [3.63, 3.8) is 0 Å². The predicted molar refractivity (Wildman–Crippen MR) is 60.5 cm³/mol. The number of carbonyl (C=O) groups is 1. The lowest BCUT2D eigenvalue weighted by molar-refractivity contribution is 0.0685. The van der Waals surface area contributed by atoms with E-state index >= 15 is 0 Å². The number of nitrogens with one attached hydrogen (secondary N) is 1. The minimum Gasteiger partial charge on any atom is -0.477 e. The fourth-order valence-electron chi connectivity index (χ4n) is 1.64. The topological polar surface area (TPSA) is 112 Å². The number of nitriles is 1. The highest BCUT2D eigenvalue weighted by atomic mass is 32.2. The predicted octanol–water partition coefficient (Wildman–Crippen LogP) is 0.323. The first-order valence-electron chi connectivity index (χ1n) is 5.27. The molecule has 1 fully saturated rings. The molecule has 1 aromatic rings. The molecule has 0 saturated heterocycles. The molecule has 2 N–H and O–H groups in total. The lowest BCUT2D eigenvalue weighted by atomic mass is 10.4. The Hall–Kier alpha value is -1.85. The quantitative estimate of drug-likeness (QED) is 0.748. The van der Waals surface area contributed by atoms with Crippen LogP contribution >= 0.6 is 0 Å². The van der Waals surface area contributed by atoms with E-state index in [0.717, 1.165) is 18.9 Å². The van der Waals surface area contributed by atoms with E-state index in [0.29, 0.717) is 0 Å². The summed E-state index contributed by atoms with van der Waals surface area (Å²) in [6.07, 6.45) is 3.00. The van der Waals surface area contributed by atoms with Gasteiger partial charge in [0.15, 0.2) is 0 Å². The van der Waals surface area contributed by atoms with Gasteiger partial charge in [-0.2, -0.15) is 9.98 Å². The summed E-state index contributed by atoms with van der Waals surface area (Å²) in [5, 5.41) is 17.4. The zero-order valence-electron chi connectivity index (χ0n) is 9.33. The van der Waals surface area contributed by atoms with E-state index in [4.69, 9.17) is 10.4 Å². The van der Waals surface area contributed by atoms with Gasteiger partial charge in [0.2, 0.25) is 10.0 Å². The molecular formula is C10H11N3O4S. The molecular weight excluding hydrogens is 258 g/mol. The standard InChI is InChI=1S/C10H11N3O4S/c11-3-4-12-18(16,17)8-5-9(10(14)15)13(6-8)7-1-2-7/h5-7,12H,1-2,4H2,(H,14,15). The van der Waals surface area contributed by atoms with Crippen molar-refractivity contribution in [3.05, 3.63) is 18.0 Å². The van der Waals surface area contributed by atoms with Gasteiger partial charge in [-0.05, 0) is 18.9 Å². The van der Waals surface area contributed by atoms with Gasteiger partial charge in [0.1, 0.15) is 10.6 Å². The van der Waals surface area contributed by atoms with E-state index in [1.165, 1.54) is 10.8 Å². The number of carboxylic acids is 1. The summed E-state index contributed by atoms with van der Waals surface area (Å²) in [7, 11) is -3.82. The molecule has 0 bridgehead atoms. The third-order valence-electron chi connectivity index (χ3n) is 2.63. The second-order valence-electron chi connectivity index (χ2n) is 3.99. The van der Waals surface area contributed by atoms with Crippen molar-refractivity contribution in [2.24, 2.45) is 0 Å². The molecule has 1 heterocycles. The number of sulfonamides is 1. The van der Waals surface area contributed by atoms with E-state index < -0.39 is 16.0 Å². The van der Waals surface area contributed by atoms with E-state index in [9.17, 15) is 13.2 Å². The molecule has 0 amide bonds. The molecule has 8 heteroatoms. The second-order valence-corrected chi connectivity index (χ2v) is 5.75. The fourth-order valence-corrected chi connectivity index (χ4v) is 2.58. The number of hydrogen-bond donors (Lipinski definition) is 2. The first-order valence-corrected chi connectivity index (χ1v) is 6.76. The van der Waals surface area contributed by atoms with Crippen molar-refractivity contribution in [1.29, 1.82) is 5.26 Å². The molecule has 7 nitrogen and oxygen atoms in total. The van der Waals surface area contributed by atoms with Crippen LogP contribution in [-0.4, -0.2) is 30.6 Å². The Labute approximate surface area is 104 Å². The van der Waals surface area contributed by atoms with Crippen LogP contribution in [0.5, 0.6) is 0 Å². The number of nitrogens with zero attached hydrogens (tertiary/aromatic N) is 2. The molecule has 18 heavy (non-hydrogen) atoms. The van der Waals surface area contributed by atoms with Gasteiger partial charge in [0.05, 0.1) is 12.6 Å². The van der Waals surface area contributed by atoms with Crippen LogP contribution in [0.15, 0.2) is 17.2 Å². The molecule has 0 atom stereocenters. The zero-order valence-corrected chi connectivity index (χ0v) is 10.1. The van der Waals surface area contributed by atoms with Crippen LogP contribution in [0.4, 0.5) is 0 Å². The summed E-state index contributed by atoms with van der Waals surface area (Å²) < 4.78 is 27.0. The summed E-state index contributed by atoms with van der Waals surface area (Å²) in [5.74, 6) is -1.16. The maximum Gasteiger partial charge on any atom is 0.352 e. The van der Waals surface area contributed by atoms with Crippen LogP contribution in [0.2, 0.25) is 0 Å². The lowest BCUT2D eigenvalue weighted by Crippen LogP contribution is -2.23. The Morgan fingerprint density at radius 3 is 2.78 bits per heavy atom. The van der Waals surface area contributed by atoms with Gasteiger partial charge in [-0.3, -0.25) is 0 Å². The minimum atomic E-state index is -3.82. The SMILES string of the molecule is N#CCNS(=O)(=O)c1cc(C(=O)O)n(C2CC2)c1. The number of aromatic nitrogens is 1. The van der Waals surface area contributed by atoms with Gasteiger partial charge >= 0.3 is 5.97 Å². The molecule has 0 aliphatic heterocycles. The second kappa shape index (κ2) is 4.44. The van der Waals surface area contributed by atoms with Gasteiger partial charge in [-0.25, -0.2) is 13.2 Å². The highest BCUT2D eigenvalue weighted by Crippen LogP contribution is 2.37. The molecule has 0 aromatic carbocycles. The highest BCUT2D eigenvalue weighted by Gasteiger charge is 2.30. The van der Waals surface area contributed by atoms with E-state index in [1.54, 1.807) is 6.07 Å². The number of aromatic carboxylic acids is 1. The summed E-state index contributed by atoms with van der Waals surface area (Å²) >= 11 is 0. The van der Waals surface area contributed by atoms with Crippen LogP contribution in [0.1, 0.15) is 29.4 Å². The first kappa shape index (κ1) is 12.6. The Morgan fingerprint density at radius 1 is 1.61 bits per heavy atom. The first-order chi connectivity index (χ1) is 8.45. The van der Waals surface area contributed by atoms with Crippen molar-refractivity contribution >= 4 is 16.0 Å². The smallest absolute Gasteiger partial charge is 0.352 e. The van der Waals surface area contributed by atoms with E-state index in [-0.39, 0.29) is 23.2 Å².